The SMILES string of the molecule is O=C(Nc1cccc2ccccc12)O[C@@H](c1cccc(OCCO)c1)[C@H](CCO)Oc1ccccc1. The van der Waals surface area contributed by atoms with Gasteiger partial charge in [-0.15, -0.1) is 0 Å². The average Bonchev–Trinajstić information content (AvgIpc) is 2.91. The summed E-state index contributed by atoms with van der Waals surface area (Å²) in [6.45, 7) is -0.151. The van der Waals surface area contributed by atoms with Crippen LogP contribution in [-0.2, 0) is 4.74 Å². The van der Waals surface area contributed by atoms with Crippen LogP contribution in [0.15, 0.2) is 97.1 Å². The molecule has 36 heavy (non-hydrogen) atoms. The third-order valence-electron chi connectivity index (χ3n) is 5.59. The number of fused-ring (bicyclic) bond motifs is 1. The van der Waals surface area contributed by atoms with Gasteiger partial charge in [0.2, 0.25) is 0 Å². The molecule has 7 heteroatoms. The monoisotopic (exact) mass is 487 g/mol. The molecule has 2 atom stereocenters. The normalized spacial score (nSPS) is 12.5. The molecule has 0 aliphatic heterocycles. The van der Waals surface area contributed by atoms with E-state index in [9.17, 15) is 9.90 Å². The van der Waals surface area contributed by atoms with Crippen molar-refractivity contribution < 1.29 is 29.2 Å². The Kier molecular flexibility index (Phi) is 8.75. The highest BCUT2D eigenvalue weighted by Gasteiger charge is 2.29. The molecule has 0 saturated heterocycles. The van der Waals surface area contributed by atoms with E-state index in [-0.39, 0.29) is 26.2 Å². The smallest absolute Gasteiger partial charge is 0.412 e. The average molecular weight is 488 g/mol. The zero-order valence-electron chi connectivity index (χ0n) is 19.7. The van der Waals surface area contributed by atoms with Gasteiger partial charge in [-0.05, 0) is 41.3 Å². The second kappa shape index (κ2) is 12.6. The lowest BCUT2D eigenvalue weighted by atomic mass is 10.0. The summed E-state index contributed by atoms with van der Waals surface area (Å²) in [5.41, 5.74) is 1.26. The van der Waals surface area contributed by atoms with Gasteiger partial charge in [0.05, 0.1) is 12.3 Å². The molecule has 0 saturated carbocycles. The fourth-order valence-corrected chi connectivity index (χ4v) is 3.97. The number of aliphatic hydroxyl groups excluding tert-OH is 2. The molecular formula is C29H29NO6. The third kappa shape index (κ3) is 6.53. The van der Waals surface area contributed by atoms with Gasteiger partial charge in [-0.3, -0.25) is 5.32 Å². The van der Waals surface area contributed by atoms with Crippen LogP contribution in [0.25, 0.3) is 10.8 Å². The maximum Gasteiger partial charge on any atom is 0.412 e. The highest BCUT2D eigenvalue weighted by Crippen LogP contribution is 2.31. The van der Waals surface area contributed by atoms with Gasteiger partial charge in [0.15, 0.2) is 6.10 Å². The van der Waals surface area contributed by atoms with Crippen LogP contribution in [0, 0.1) is 0 Å². The van der Waals surface area contributed by atoms with E-state index >= 15 is 0 Å². The quantitative estimate of drug-likeness (QED) is 0.265. The van der Waals surface area contributed by atoms with Crippen LogP contribution in [0.4, 0.5) is 10.5 Å². The van der Waals surface area contributed by atoms with E-state index in [4.69, 9.17) is 19.3 Å². The summed E-state index contributed by atoms with van der Waals surface area (Å²) in [6.07, 6.45) is -1.96. The molecule has 4 rings (SSSR count). The molecule has 0 radical (unpaired) electrons. The minimum atomic E-state index is -0.856. The van der Waals surface area contributed by atoms with E-state index in [1.165, 1.54) is 0 Å². The Morgan fingerprint density at radius 2 is 1.53 bits per heavy atom. The number of nitrogens with one attached hydrogen (secondary N) is 1. The molecule has 1 amide bonds. The summed E-state index contributed by atoms with van der Waals surface area (Å²) in [5.74, 6) is 1.11. The summed E-state index contributed by atoms with van der Waals surface area (Å²) in [7, 11) is 0. The molecule has 0 fully saturated rings. The van der Waals surface area contributed by atoms with Crippen molar-refractivity contribution in [2.75, 3.05) is 25.1 Å². The first-order chi connectivity index (χ1) is 17.7. The highest BCUT2D eigenvalue weighted by molar-refractivity contribution is 6.00. The molecule has 3 N–H and O–H groups in total. The van der Waals surface area contributed by atoms with E-state index in [1.807, 2.05) is 60.7 Å². The molecule has 0 aromatic heterocycles. The summed E-state index contributed by atoms with van der Waals surface area (Å²) >= 11 is 0. The first kappa shape index (κ1) is 25.0. The Balaban J connectivity index is 1.63. The Bertz CT molecular complexity index is 1260. The predicted molar refractivity (Wildman–Crippen MR) is 138 cm³/mol. The Labute approximate surface area is 209 Å². The Morgan fingerprint density at radius 1 is 0.806 bits per heavy atom. The molecule has 0 heterocycles. The van der Waals surface area contributed by atoms with Gasteiger partial charge in [0, 0.05) is 18.4 Å². The van der Waals surface area contributed by atoms with Crippen LogP contribution >= 0.6 is 0 Å². The first-order valence-corrected chi connectivity index (χ1v) is 11.8. The van der Waals surface area contributed by atoms with Crippen LogP contribution in [0.1, 0.15) is 18.1 Å². The summed E-state index contributed by atoms with van der Waals surface area (Å²) in [6, 6.07) is 29.6. The number of aliphatic hydroxyl groups is 2. The fraction of sp³-hybridized carbons (Fsp3) is 0.207. The summed E-state index contributed by atoms with van der Waals surface area (Å²) in [4.78, 5) is 13.1. The van der Waals surface area contributed by atoms with Crippen molar-refractivity contribution in [2.45, 2.75) is 18.6 Å². The van der Waals surface area contributed by atoms with Gasteiger partial charge in [-0.2, -0.15) is 0 Å². The lowest BCUT2D eigenvalue weighted by molar-refractivity contribution is 0.00898. The standard InChI is InChI=1S/C29H29NO6/c31-17-16-27(35-23-11-2-1-3-12-23)28(22-10-6-13-24(20-22)34-19-18-32)36-29(33)30-26-15-7-9-21-8-4-5-14-25(21)26/h1-15,20,27-28,31-32H,16-19H2,(H,30,33)/t27-,28-/m0/s1. The number of hydrogen-bond donors (Lipinski definition) is 3. The van der Waals surface area contributed by atoms with Gasteiger partial charge >= 0.3 is 6.09 Å². The van der Waals surface area contributed by atoms with Crippen molar-refractivity contribution in [1.29, 1.82) is 0 Å². The zero-order chi connectivity index (χ0) is 25.2. The molecule has 0 spiro atoms. The van der Waals surface area contributed by atoms with Gasteiger partial charge in [0.25, 0.3) is 0 Å². The number of amides is 1. The van der Waals surface area contributed by atoms with E-state index < -0.39 is 18.3 Å². The van der Waals surface area contributed by atoms with Gasteiger partial charge < -0.3 is 24.4 Å². The van der Waals surface area contributed by atoms with Crippen LogP contribution in [0.3, 0.4) is 0 Å². The number of para-hydroxylation sites is 1. The van der Waals surface area contributed by atoms with Crippen molar-refractivity contribution in [3.63, 3.8) is 0 Å². The topological polar surface area (TPSA) is 97.3 Å². The Morgan fingerprint density at radius 3 is 2.33 bits per heavy atom. The lowest BCUT2D eigenvalue weighted by Crippen LogP contribution is -2.31. The molecule has 4 aromatic rings. The molecule has 0 bridgehead atoms. The van der Waals surface area contributed by atoms with E-state index in [0.29, 0.717) is 22.7 Å². The molecule has 4 aromatic carbocycles. The summed E-state index contributed by atoms with van der Waals surface area (Å²) in [5, 5.41) is 23.6. The number of anilines is 1. The lowest BCUT2D eigenvalue weighted by Gasteiger charge is -2.28. The van der Waals surface area contributed by atoms with E-state index in [1.54, 1.807) is 36.4 Å². The predicted octanol–water partition coefficient (Wildman–Crippen LogP) is 5.33. The number of hydrogen-bond acceptors (Lipinski definition) is 6. The number of carbonyl (C=O) groups is 1. The second-order valence-electron chi connectivity index (χ2n) is 8.10. The molecule has 0 aliphatic carbocycles. The van der Waals surface area contributed by atoms with Gasteiger partial charge in [-0.1, -0.05) is 66.7 Å². The Hall–Kier alpha value is -4.07. The number of carbonyl (C=O) groups excluding carboxylic acids is 1. The van der Waals surface area contributed by atoms with Crippen molar-refractivity contribution >= 4 is 22.6 Å². The highest BCUT2D eigenvalue weighted by atomic mass is 16.6. The number of ether oxygens (including phenoxy) is 3. The van der Waals surface area contributed by atoms with Crippen LogP contribution in [-0.4, -0.2) is 42.2 Å². The van der Waals surface area contributed by atoms with Crippen LogP contribution in [0.5, 0.6) is 11.5 Å². The third-order valence-corrected chi connectivity index (χ3v) is 5.59. The minimum Gasteiger partial charge on any atom is -0.491 e. The summed E-state index contributed by atoms with van der Waals surface area (Å²) < 4.78 is 17.7. The molecule has 7 nitrogen and oxygen atoms in total. The fourth-order valence-electron chi connectivity index (χ4n) is 3.97. The van der Waals surface area contributed by atoms with E-state index in [2.05, 4.69) is 5.32 Å². The first-order valence-electron chi connectivity index (χ1n) is 11.8. The minimum absolute atomic E-state index is 0.123. The van der Waals surface area contributed by atoms with Crippen molar-refractivity contribution in [3.05, 3.63) is 103 Å². The van der Waals surface area contributed by atoms with Crippen molar-refractivity contribution in [2.24, 2.45) is 0 Å². The number of rotatable bonds is 11. The van der Waals surface area contributed by atoms with Crippen LogP contribution < -0.4 is 14.8 Å². The number of benzene rings is 4. The molecular weight excluding hydrogens is 458 g/mol. The zero-order valence-corrected chi connectivity index (χ0v) is 19.7. The molecule has 186 valence electrons. The largest absolute Gasteiger partial charge is 0.491 e. The maximum absolute atomic E-state index is 13.1. The van der Waals surface area contributed by atoms with Gasteiger partial charge in [0.1, 0.15) is 24.2 Å². The van der Waals surface area contributed by atoms with Gasteiger partial charge in [-0.25, -0.2) is 4.79 Å². The van der Waals surface area contributed by atoms with Crippen molar-refractivity contribution in [3.8, 4) is 11.5 Å². The van der Waals surface area contributed by atoms with Crippen molar-refractivity contribution in [1.82, 2.24) is 0 Å². The second-order valence-corrected chi connectivity index (χ2v) is 8.10. The van der Waals surface area contributed by atoms with Crippen LogP contribution in [0.2, 0.25) is 0 Å². The molecule has 0 unspecified atom stereocenters. The molecule has 0 aliphatic rings. The maximum atomic E-state index is 13.1. The van der Waals surface area contributed by atoms with E-state index in [0.717, 1.165) is 10.8 Å².